The molecule has 0 spiro atoms. The summed E-state index contributed by atoms with van der Waals surface area (Å²) in [4.78, 5) is 0. The molecule has 20 heavy (non-hydrogen) atoms. The van der Waals surface area contributed by atoms with Gasteiger partial charge in [-0.2, -0.15) is 5.26 Å². The molecular formula is C15H16N4O. The number of aromatic nitrogens is 3. The first-order valence-electron chi connectivity index (χ1n) is 6.75. The van der Waals surface area contributed by atoms with Crippen LogP contribution >= 0.6 is 0 Å². The Bertz CT molecular complexity index is 678. The lowest BCUT2D eigenvalue weighted by atomic mass is 10.1. The quantitative estimate of drug-likeness (QED) is 0.839. The van der Waals surface area contributed by atoms with Crippen LogP contribution < -0.4 is 0 Å². The Morgan fingerprint density at radius 3 is 2.90 bits per heavy atom. The standard InChI is InChI=1S/C15H16N4O/c1-10-5-6-13(11(2)8-10)19-15(12(9-16)17-18-19)14-4-3-7-20-14/h5-6,8,14H,3-4,7H2,1-2H3. The minimum absolute atomic E-state index is 0.0830. The van der Waals surface area contributed by atoms with Crippen LogP contribution in [0.5, 0.6) is 0 Å². The molecule has 5 nitrogen and oxygen atoms in total. The van der Waals surface area contributed by atoms with E-state index in [1.165, 1.54) is 5.56 Å². The van der Waals surface area contributed by atoms with Crippen molar-refractivity contribution in [3.8, 4) is 11.8 Å². The number of benzene rings is 1. The summed E-state index contributed by atoms with van der Waals surface area (Å²) >= 11 is 0. The molecule has 1 aromatic carbocycles. The molecule has 0 N–H and O–H groups in total. The summed E-state index contributed by atoms with van der Waals surface area (Å²) in [7, 11) is 0. The van der Waals surface area contributed by atoms with Gasteiger partial charge >= 0.3 is 0 Å². The molecule has 2 aromatic rings. The molecule has 0 amide bonds. The summed E-state index contributed by atoms with van der Waals surface area (Å²) in [5, 5.41) is 17.4. The second kappa shape index (κ2) is 5.06. The number of hydrogen-bond acceptors (Lipinski definition) is 4. The van der Waals surface area contributed by atoms with Crippen LogP contribution in [-0.2, 0) is 4.74 Å². The zero-order valence-electron chi connectivity index (χ0n) is 11.6. The Morgan fingerprint density at radius 1 is 1.40 bits per heavy atom. The normalized spacial score (nSPS) is 18.1. The molecule has 1 aliphatic heterocycles. The molecule has 1 unspecified atom stereocenters. The van der Waals surface area contributed by atoms with Gasteiger partial charge in [0.05, 0.1) is 5.69 Å². The van der Waals surface area contributed by atoms with Crippen molar-refractivity contribution in [2.24, 2.45) is 0 Å². The van der Waals surface area contributed by atoms with Crippen molar-refractivity contribution < 1.29 is 4.74 Å². The zero-order valence-corrected chi connectivity index (χ0v) is 11.6. The topological polar surface area (TPSA) is 63.7 Å². The van der Waals surface area contributed by atoms with E-state index in [0.29, 0.717) is 5.69 Å². The molecule has 1 fully saturated rings. The van der Waals surface area contributed by atoms with Crippen molar-refractivity contribution in [1.82, 2.24) is 15.0 Å². The maximum atomic E-state index is 9.23. The SMILES string of the molecule is Cc1ccc(-n2nnc(C#N)c2C2CCCO2)c(C)c1. The highest BCUT2D eigenvalue weighted by Crippen LogP contribution is 2.31. The average molecular weight is 268 g/mol. The Hall–Kier alpha value is -2.19. The molecule has 2 heterocycles. The van der Waals surface area contributed by atoms with Crippen molar-refractivity contribution in [3.63, 3.8) is 0 Å². The van der Waals surface area contributed by atoms with E-state index in [0.717, 1.165) is 36.4 Å². The van der Waals surface area contributed by atoms with Gasteiger partial charge in [-0.15, -0.1) is 5.10 Å². The third-order valence-corrected chi connectivity index (χ3v) is 3.63. The molecule has 1 aromatic heterocycles. The van der Waals surface area contributed by atoms with Crippen LogP contribution in [0.2, 0.25) is 0 Å². The molecule has 0 radical (unpaired) electrons. The van der Waals surface area contributed by atoms with Gasteiger partial charge in [-0.1, -0.05) is 22.9 Å². The number of nitrogens with zero attached hydrogens (tertiary/aromatic N) is 4. The Labute approximate surface area is 117 Å². The third-order valence-electron chi connectivity index (χ3n) is 3.63. The summed E-state index contributed by atoms with van der Waals surface area (Å²) in [6.07, 6.45) is 1.83. The van der Waals surface area contributed by atoms with E-state index >= 15 is 0 Å². The molecule has 3 rings (SSSR count). The van der Waals surface area contributed by atoms with E-state index < -0.39 is 0 Å². The van der Waals surface area contributed by atoms with Crippen LogP contribution in [0.15, 0.2) is 18.2 Å². The first-order chi connectivity index (χ1) is 9.70. The van der Waals surface area contributed by atoms with E-state index in [4.69, 9.17) is 4.74 Å². The lowest BCUT2D eigenvalue weighted by Gasteiger charge is -2.14. The molecule has 5 heteroatoms. The lowest BCUT2D eigenvalue weighted by Crippen LogP contribution is -2.09. The molecule has 0 saturated carbocycles. The fraction of sp³-hybridized carbons (Fsp3) is 0.400. The predicted octanol–water partition coefficient (Wildman–Crippen LogP) is 2.61. The van der Waals surface area contributed by atoms with Crippen molar-refractivity contribution in [3.05, 3.63) is 40.7 Å². The second-order valence-corrected chi connectivity index (χ2v) is 5.14. The van der Waals surface area contributed by atoms with Crippen LogP contribution in [0.3, 0.4) is 0 Å². The van der Waals surface area contributed by atoms with Crippen molar-refractivity contribution in [1.29, 1.82) is 5.26 Å². The number of aryl methyl sites for hydroxylation is 2. The van der Waals surface area contributed by atoms with Gasteiger partial charge in [0.25, 0.3) is 0 Å². The van der Waals surface area contributed by atoms with E-state index in [1.54, 1.807) is 4.68 Å². The van der Waals surface area contributed by atoms with Crippen LogP contribution in [0, 0.1) is 25.2 Å². The smallest absolute Gasteiger partial charge is 0.189 e. The van der Waals surface area contributed by atoms with Gasteiger partial charge in [0.1, 0.15) is 17.9 Å². The van der Waals surface area contributed by atoms with Crippen LogP contribution in [0.25, 0.3) is 5.69 Å². The van der Waals surface area contributed by atoms with Gasteiger partial charge in [0, 0.05) is 6.61 Å². The van der Waals surface area contributed by atoms with Crippen LogP contribution in [-0.4, -0.2) is 21.6 Å². The van der Waals surface area contributed by atoms with Gasteiger partial charge in [-0.25, -0.2) is 4.68 Å². The van der Waals surface area contributed by atoms with Gasteiger partial charge in [-0.3, -0.25) is 0 Å². The Balaban J connectivity index is 2.14. The number of nitriles is 1. The molecule has 1 saturated heterocycles. The Kier molecular flexibility index (Phi) is 3.25. The predicted molar refractivity (Wildman–Crippen MR) is 73.5 cm³/mol. The average Bonchev–Trinajstić information content (AvgIpc) is 3.06. The summed E-state index contributed by atoms with van der Waals surface area (Å²) in [6, 6.07) is 8.27. The molecule has 0 bridgehead atoms. The van der Waals surface area contributed by atoms with Crippen molar-refractivity contribution >= 4 is 0 Å². The van der Waals surface area contributed by atoms with Crippen LogP contribution in [0.4, 0.5) is 0 Å². The Morgan fingerprint density at radius 2 is 2.25 bits per heavy atom. The summed E-state index contributed by atoms with van der Waals surface area (Å²) in [5.74, 6) is 0. The fourth-order valence-corrected chi connectivity index (χ4v) is 2.67. The zero-order chi connectivity index (χ0) is 14.1. The van der Waals surface area contributed by atoms with Gasteiger partial charge in [-0.05, 0) is 38.3 Å². The maximum absolute atomic E-state index is 9.23. The van der Waals surface area contributed by atoms with Gasteiger partial charge in [0.2, 0.25) is 0 Å². The highest BCUT2D eigenvalue weighted by molar-refractivity contribution is 5.45. The van der Waals surface area contributed by atoms with Gasteiger partial charge < -0.3 is 4.74 Å². The van der Waals surface area contributed by atoms with Crippen molar-refractivity contribution in [2.45, 2.75) is 32.8 Å². The van der Waals surface area contributed by atoms with Gasteiger partial charge in [0.15, 0.2) is 5.69 Å². The second-order valence-electron chi connectivity index (χ2n) is 5.14. The minimum atomic E-state index is -0.0830. The molecule has 1 aliphatic rings. The lowest BCUT2D eigenvalue weighted by molar-refractivity contribution is 0.106. The highest BCUT2D eigenvalue weighted by Gasteiger charge is 2.27. The summed E-state index contributed by atoms with van der Waals surface area (Å²) in [5.41, 5.74) is 4.40. The van der Waals surface area contributed by atoms with Crippen LogP contribution in [0.1, 0.15) is 41.5 Å². The van der Waals surface area contributed by atoms with E-state index in [9.17, 15) is 5.26 Å². The summed E-state index contributed by atoms with van der Waals surface area (Å²) < 4.78 is 7.47. The first-order valence-corrected chi connectivity index (χ1v) is 6.75. The number of hydrogen-bond donors (Lipinski definition) is 0. The first kappa shape index (κ1) is 12.8. The third kappa shape index (κ3) is 2.08. The fourth-order valence-electron chi connectivity index (χ4n) is 2.67. The largest absolute Gasteiger partial charge is 0.372 e. The maximum Gasteiger partial charge on any atom is 0.189 e. The number of rotatable bonds is 2. The highest BCUT2D eigenvalue weighted by atomic mass is 16.5. The van der Waals surface area contributed by atoms with E-state index in [-0.39, 0.29) is 6.10 Å². The number of ether oxygens (including phenoxy) is 1. The molecule has 102 valence electrons. The van der Waals surface area contributed by atoms with E-state index in [2.05, 4.69) is 29.4 Å². The minimum Gasteiger partial charge on any atom is -0.372 e. The molecular weight excluding hydrogens is 252 g/mol. The van der Waals surface area contributed by atoms with Crippen molar-refractivity contribution in [2.75, 3.05) is 6.61 Å². The molecule has 0 aliphatic carbocycles. The monoisotopic (exact) mass is 268 g/mol. The summed E-state index contributed by atoms with van der Waals surface area (Å²) in [6.45, 7) is 4.82. The molecule has 1 atom stereocenters. The van der Waals surface area contributed by atoms with E-state index in [1.807, 2.05) is 19.1 Å².